The molecular weight excluding hydrogens is 408 g/mol. The molecule has 0 radical (unpaired) electrons. The van der Waals surface area contributed by atoms with Crippen molar-refractivity contribution in [2.75, 3.05) is 26.5 Å². The number of anilines is 1. The fraction of sp³-hybridized carbons (Fsp3) is 0.333. The molecule has 0 spiro atoms. The average molecular weight is 437 g/mol. The first-order chi connectivity index (χ1) is 15.4. The van der Waals surface area contributed by atoms with E-state index in [4.69, 9.17) is 4.74 Å². The molecule has 1 aromatic heterocycles. The smallest absolute Gasteiger partial charge is 0.322 e. The lowest BCUT2D eigenvalue weighted by Gasteiger charge is -2.23. The van der Waals surface area contributed by atoms with Crippen LogP contribution < -0.4 is 10.1 Å². The van der Waals surface area contributed by atoms with Gasteiger partial charge in [-0.25, -0.2) is 4.79 Å². The van der Waals surface area contributed by atoms with E-state index >= 15 is 0 Å². The van der Waals surface area contributed by atoms with Crippen molar-refractivity contribution in [3.8, 4) is 11.5 Å². The fourth-order valence-electron chi connectivity index (χ4n) is 3.67. The second kappa shape index (κ2) is 8.82. The number of hydrogen-bond acceptors (Lipinski definition) is 4. The number of nitrogens with one attached hydrogen (secondary N) is 1. The maximum Gasteiger partial charge on any atom is 0.322 e. The number of hydrogen-bond donors (Lipinski definition) is 2. The largest absolute Gasteiger partial charge is 0.504 e. The van der Waals surface area contributed by atoms with Crippen molar-refractivity contribution in [1.29, 1.82) is 0 Å². The van der Waals surface area contributed by atoms with Crippen LogP contribution in [0.1, 0.15) is 18.4 Å². The highest BCUT2D eigenvalue weighted by molar-refractivity contribution is 5.93. The van der Waals surface area contributed by atoms with E-state index in [1.165, 1.54) is 7.11 Å². The molecule has 8 heteroatoms. The Morgan fingerprint density at radius 1 is 1.16 bits per heavy atom. The molecule has 3 amide bonds. The van der Waals surface area contributed by atoms with E-state index in [1.54, 1.807) is 37.2 Å². The van der Waals surface area contributed by atoms with Gasteiger partial charge in [0.2, 0.25) is 5.91 Å². The Morgan fingerprint density at radius 3 is 2.62 bits per heavy atom. The van der Waals surface area contributed by atoms with Gasteiger partial charge in [-0.2, -0.15) is 0 Å². The van der Waals surface area contributed by atoms with Crippen LogP contribution in [0.4, 0.5) is 10.5 Å². The number of fused-ring (bicyclic) bond motifs is 1. The second-order valence-corrected chi connectivity index (χ2v) is 8.30. The number of benzene rings is 2. The van der Waals surface area contributed by atoms with Crippen LogP contribution in [0.5, 0.6) is 11.5 Å². The van der Waals surface area contributed by atoms with Crippen molar-refractivity contribution >= 4 is 28.5 Å². The highest BCUT2D eigenvalue weighted by atomic mass is 16.5. The molecule has 0 aliphatic heterocycles. The molecule has 32 heavy (non-hydrogen) atoms. The molecule has 1 aliphatic rings. The van der Waals surface area contributed by atoms with Gasteiger partial charge in [0.1, 0.15) is 6.54 Å². The maximum absolute atomic E-state index is 13.1. The number of ether oxygens (including phenoxy) is 1. The number of urea groups is 1. The van der Waals surface area contributed by atoms with E-state index in [0.29, 0.717) is 18.0 Å². The van der Waals surface area contributed by atoms with Gasteiger partial charge < -0.3 is 29.5 Å². The Balaban J connectivity index is 1.48. The minimum absolute atomic E-state index is 0.0193. The van der Waals surface area contributed by atoms with Gasteiger partial charge >= 0.3 is 6.03 Å². The molecule has 2 N–H and O–H groups in total. The first-order valence-electron chi connectivity index (χ1n) is 10.6. The van der Waals surface area contributed by atoms with Crippen LogP contribution in [0, 0.1) is 0 Å². The SMILES string of the molecule is COc1cc(CN(C(=O)Nc2ccc3c(ccn3CC(=O)N(C)C)c2)C2CC2)ccc1O. The summed E-state index contributed by atoms with van der Waals surface area (Å²) in [6.07, 6.45) is 3.83. The summed E-state index contributed by atoms with van der Waals surface area (Å²) >= 11 is 0. The molecule has 0 unspecified atom stereocenters. The second-order valence-electron chi connectivity index (χ2n) is 8.30. The van der Waals surface area contributed by atoms with Crippen LogP contribution in [0.3, 0.4) is 0 Å². The van der Waals surface area contributed by atoms with Crippen LogP contribution in [0.2, 0.25) is 0 Å². The Kier molecular flexibility index (Phi) is 5.94. The molecule has 0 bridgehead atoms. The first kappa shape index (κ1) is 21.5. The van der Waals surface area contributed by atoms with Crippen molar-refractivity contribution in [3.63, 3.8) is 0 Å². The zero-order valence-electron chi connectivity index (χ0n) is 18.5. The van der Waals surface area contributed by atoms with Crippen molar-refractivity contribution in [3.05, 3.63) is 54.2 Å². The Hall–Kier alpha value is -3.68. The number of aromatic hydroxyl groups is 1. The zero-order valence-corrected chi connectivity index (χ0v) is 18.5. The fourth-order valence-corrected chi connectivity index (χ4v) is 3.67. The Morgan fingerprint density at radius 2 is 1.94 bits per heavy atom. The van der Waals surface area contributed by atoms with E-state index in [9.17, 15) is 14.7 Å². The lowest BCUT2D eigenvalue weighted by molar-refractivity contribution is -0.129. The number of carbonyl (C=O) groups is 2. The highest BCUT2D eigenvalue weighted by Crippen LogP contribution is 2.32. The number of likely N-dealkylation sites (N-methyl/N-ethyl adjacent to an activating group) is 1. The van der Waals surface area contributed by atoms with Gasteiger partial charge in [0.15, 0.2) is 11.5 Å². The monoisotopic (exact) mass is 436 g/mol. The van der Waals surface area contributed by atoms with Crippen LogP contribution in [-0.2, 0) is 17.9 Å². The first-order valence-corrected chi connectivity index (χ1v) is 10.6. The third-order valence-electron chi connectivity index (χ3n) is 5.67. The summed E-state index contributed by atoms with van der Waals surface area (Å²) in [5, 5.41) is 13.8. The third-order valence-corrected chi connectivity index (χ3v) is 5.67. The molecule has 168 valence electrons. The van der Waals surface area contributed by atoms with Crippen LogP contribution in [0.25, 0.3) is 10.9 Å². The summed E-state index contributed by atoms with van der Waals surface area (Å²) in [7, 11) is 4.98. The number of amides is 3. The summed E-state index contributed by atoms with van der Waals surface area (Å²) in [4.78, 5) is 28.5. The van der Waals surface area contributed by atoms with Gasteiger partial charge in [-0.1, -0.05) is 6.07 Å². The maximum atomic E-state index is 13.1. The molecule has 8 nitrogen and oxygen atoms in total. The molecule has 1 heterocycles. The van der Waals surface area contributed by atoms with Crippen molar-refractivity contribution in [1.82, 2.24) is 14.4 Å². The normalized spacial score (nSPS) is 13.1. The summed E-state index contributed by atoms with van der Waals surface area (Å²) in [6.45, 7) is 0.701. The molecule has 1 saturated carbocycles. The quantitative estimate of drug-likeness (QED) is 0.592. The van der Waals surface area contributed by atoms with E-state index in [1.807, 2.05) is 39.9 Å². The van der Waals surface area contributed by atoms with Crippen molar-refractivity contribution in [2.24, 2.45) is 0 Å². The predicted octanol–water partition coefficient (Wildman–Crippen LogP) is 3.64. The average Bonchev–Trinajstić information content (AvgIpc) is 3.54. The molecule has 1 aliphatic carbocycles. The van der Waals surface area contributed by atoms with E-state index < -0.39 is 0 Å². The molecule has 0 saturated heterocycles. The molecule has 3 aromatic rings. The van der Waals surface area contributed by atoms with Crippen LogP contribution >= 0.6 is 0 Å². The van der Waals surface area contributed by atoms with Crippen molar-refractivity contribution in [2.45, 2.75) is 32.0 Å². The number of carbonyl (C=O) groups excluding carboxylic acids is 2. The van der Waals surface area contributed by atoms with Gasteiger partial charge in [-0.3, -0.25) is 4.79 Å². The molecule has 0 atom stereocenters. The minimum Gasteiger partial charge on any atom is -0.504 e. The van der Waals surface area contributed by atoms with Crippen LogP contribution in [0.15, 0.2) is 48.7 Å². The van der Waals surface area contributed by atoms with Crippen LogP contribution in [-0.4, -0.2) is 58.7 Å². The predicted molar refractivity (Wildman–Crippen MR) is 123 cm³/mol. The molecular formula is C24H28N4O4. The Bertz CT molecular complexity index is 1150. The number of nitrogens with zero attached hydrogens (tertiary/aromatic N) is 3. The van der Waals surface area contributed by atoms with Gasteiger partial charge in [0.05, 0.1) is 7.11 Å². The van der Waals surface area contributed by atoms with Crippen molar-refractivity contribution < 1.29 is 19.4 Å². The van der Waals surface area contributed by atoms with E-state index in [0.717, 1.165) is 29.3 Å². The number of aromatic nitrogens is 1. The standard InChI is InChI=1S/C24H28N4O4/c1-26(2)23(30)15-27-11-10-17-13-18(5-8-20(17)27)25-24(31)28(19-6-7-19)14-16-4-9-21(29)22(12-16)32-3/h4-5,8-13,19,29H,6-7,14-15H2,1-3H3,(H,25,31). The number of rotatable bonds is 7. The Labute approximate surface area is 187 Å². The van der Waals surface area contributed by atoms with Gasteiger partial charge in [0.25, 0.3) is 0 Å². The number of methoxy groups -OCH3 is 1. The number of phenolic OH excluding ortho intramolecular Hbond substituents is 1. The van der Waals surface area contributed by atoms with Gasteiger partial charge in [-0.05, 0) is 54.8 Å². The lowest BCUT2D eigenvalue weighted by atomic mass is 10.2. The van der Waals surface area contributed by atoms with Gasteiger partial charge in [-0.15, -0.1) is 0 Å². The summed E-state index contributed by atoms with van der Waals surface area (Å²) in [5.74, 6) is 0.485. The van der Waals surface area contributed by atoms with E-state index in [-0.39, 0.29) is 30.3 Å². The van der Waals surface area contributed by atoms with Gasteiger partial charge in [0, 0.05) is 49.5 Å². The molecule has 2 aromatic carbocycles. The topological polar surface area (TPSA) is 87.0 Å². The highest BCUT2D eigenvalue weighted by Gasteiger charge is 2.32. The zero-order chi connectivity index (χ0) is 22.8. The summed E-state index contributed by atoms with van der Waals surface area (Å²) in [6, 6.07) is 12.8. The molecule has 1 fully saturated rings. The lowest BCUT2D eigenvalue weighted by Crippen LogP contribution is -2.36. The summed E-state index contributed by atoms with van der Waals surface area (Å²) < 4.78 is 7.09. The van der Waals surface area contributed by atoms with E-state index in [2.05, 4.69) is 5.32 Å². The minimum atomic E-state index is -0.166. The molecule has 4 rings (SSSR count). The third kappa shape index (κ3) is 4.64. The summed E-state index contributed by atoms with van der Waals surface area (Å²) in [5.41, 5.74) is 2.53. The number of phenols is 1.